The number of halogens is 1. The van der Waals surface area contributed by atoms with Crippen LogP contribution < -0.4 is 4.90 Å². The van der Waals surface area contributed by atoms with E-state index in [1.807, 2.05) is 0 Å². The molecule has 0 N–H and O–H groups in total. The molecule has 2 heterocycles. The molecule has 152 valence electrons. The summed E-state index contributed by atoms with van der Waals surface area (Å²) in [6, 6.07) is 15.0. The van der Waals surface area contributed by atoms with Gasteiger partial charge in [0.05, 0.1) is 15.8 Å². The lowest BCUT2D eigenvalue weighted by Crippen LogP contribution is -2.39. The third-order valence-electron chi connectivity index (χ3n) is 5.44. The molecule has 1 saturated heterocycles. The Labute approximate surface area is 181 Å². The largest absolute Gasteiger partial charge is 0.348 e. The Morgan fingerprint density at radius 2 is 1.72 bits per heavy atom. The summed E-state index contributed by atoms with van der Waals surface area (Å²) in [5.41, 5.74) is 3.40. The first-order valence-corrected chi connectivity index (χ1v) is 12.6. The Kier molecular flexibility index (Phi) is 5.95. The van der Waals surface area contributed by atoms with Crippen molar-refractivity contribution in [2.75, 3.05) is 18.0 Å². The molecule has 1 fully saturated rings. The molecule has 29 heavy (non-hydrogen) atoms. The zero-order valence-corrected chi connectivity index (χ0v) is 18.6. The van der Waals surface area contributed by atoms with E-state index in [1.165, 1.54) is 5.56 Å². The zero-order valence-electron chi connectivity index (χ0n) is 16.2. The highest BCUT2D eigenvalue weighted by atomic mass is 35.5. The van der Waals surface area contributed by atoms with Gasteiger partial charge < -0.3 is 4.90 Å². The first-order chi connectivity index (χ1) is 14.0. The van der Waals surface area contributed by atoms with Crippen LogP contribution in [0.1, 0.15) is 25.3 Å². The van der Waals surface area contributed by atoms with Gasteiger partial charge in [-0.25, -0.2) is 13.4 Å². The normalized spacial score (nSPS) is 15.6. The number of rotatable bonds is 5. The molecule has 0 atom stereocenters. The molecule has 0 amide bonds. The van der Waals surface area contributed by atoms with Gasteiger partial charge in [0.25, 0.3) is 0 Å². The number of nitrogens with zero attached hydrogens (tertiary/aromatic N) is 2. The number of aromatic nitrogens is 1. The van der Waals surface area contributed by atoms with Gasteiger partial charge in [0.2, 0.25) is 0 Å². The van der Waals surface area contributed by atoms with Crippen molar-refractivity contribution in [3.8, 4) is 11.3 Å². The minimum Gasteiger partial charge on any atom is -0.348 e. The SMILES string of the molecule is CCc1ccc(-c2csc(N3CCC(S(=O)(=O)c4ccc(Cl)cc4)CC3)n2)cc1. The van der Waals surface area contributed by atoms with Crippen LogP contribution in [0.5, 0.6) is 0 Å². The fourth-order valence-corrected chi connectivity index (χ4v) is 6.37. The van der Waals surface area contributed by atoms with Crippen LogP contribution >= 0.6 is 22.9 Å². The second-order valence-corrected chi connectivity index (χ2v) is 10.8. The van der Waals surface area contributed by atoms with Crippen molar-refractivity contribution in [1.82, 2.24) is 4.98 Å². The summed E-state index contributed by atoms with van der Waals surface area (Å²) in [5, 5.41) is 3.22. The molecule has 1 aromatic heterocycles. The number of thiazole rings is 1. The molecular weight excluding hydrogens is 424 g/mol. The van der Waals surface area contributed by atoms with E-state index in [1.54, 1.807) is 35.6 Å². The van der Waals surface area contributed by atoms with Crippen molar-refractivity contribution in [3.63, 3.8) is 0 Å². The summed E-state index contributed by atoms with van der Waals surface area (Å²) in [6.45, 7) is 3.53. The zero-order chi connectivity index (χ0) is 20.4. The van der Waals surface area contributed by atoms with Crippen molar-refractivity contribution in [2.45, 2.75) is 36.3 Å². The summed E-state index contributed by atoms with van der Waals surface area (Å²) in [4.78, 5) is 7.35. The molecule has 4 nitrogen and oxygen atoms in total. The lowest BCUT2D eigenvalue weighted by molar-refractivity contribution is 0.529. The van der Waals surface area contributed by atoms with Gasteiger partial charge in [-0.15, -0.1) is 11.3 Å². The Hall–Kier alpha value is -1.89. The summed E-state index contributed by atoms with van der Waals surface area (Å²) >= 11 is 7.51. The lowest BCUT2D eigenvalue weighted by Gasteiger charge is -2.31. The molecule has 0 radical (unpaired) electrons. The minimum atomic E-state index is -3.33. The maximum absolute atomic E-state index is 12.9. The number of anilines is 1. The summed E-state index contributed by atoms with van der Waals surface area (Å²) < 4.78 is 25.8. The van der Waals surface area contributed by atoms with Crippen molar-refractivity contribution >= 4 is 37.9 Å². The van der Waals surface area contributed by atoms with E-state index in [-0.39, 0.29) is 5.25 Å². The first-order valence-electron chi connectivity index (χ1n) is 9.76. The number of sulfone groups is 1. The quantitative estimate of drug-likeness (QED) is 0.521. The van der Waals surface area contributed by atoms with E-state index < -0.39 is 9.84 Å². The molecule has 0 aliphatic carbocycles. The third-order valence-corrected chi connectivity index (χ3v) is 8.88. The second-order valence-electron chi connectivity index (χ2n) is 7.25. The number of aryl methyl sites for hydroxylation is 1. The van der Waals surface area contributed by atoms with Crippen LogP contribution in [0.2, 0.25) is 5.02 Å². The highest BCUT2D eigenvalue weighted by molar-refractivity contribution is 7.92. The first kappa shape index (κ1) is 20.4. The van der Waals surface area contributed by atoms with Gasteiger partial charge >= 0.3 is 0 Å². The second kappa shape index (κ2) is 8.46. The van der Waals surface area contributed by atoms with Crippen molar-refractivity contribution in [1.29, 1.82) is 0 Å². The molecule has 7 heteroatoms. The average molecular weight is 447 g/mol. The molecule has 0 saturated carbocycles. The fourth-order valence-electron chi connectivity index (χ4n) is 3.63. The van der Waals surface area contributed by atoms with Gasteiger partial charge in [0.15, 0.2) is 15.0 Å². The van der Waals surface area contributed by atoms with Crippen LogP contribution in [0.4, 0.5) is 5.13 Å². The molecular formula is C22H23ClN2O2S2. The van der Waals surface area contributed by atoms with Gasteiger partial charge in [-0.3, -0.25) is 0 Å². The van der Waals surface area contributed by atoms with E-state index in [2.05, 4.69) is 41.5 Å². The topological polar surface area (TPSA) is 50.3 Å². The van der Waals surface area contributed by atoms with E-state index in [9.17, 15) is 8.42 Å². The fraction of sp³-hybridized carbons (Fsp3) is 0.318. The molecule has 2 aromatic carbocycles. The van der Waals surface area contributed by atoms with Crippen LogP contribution in [0.25, 0.3) is 11.3 Å². The van der Waals surface area contributed by atoms with E-state index in [4.69, 9.17) is 16.6 Å². The minimum absolute atomic E-state index is 0.354. The average Bonchev–Trinajstić information content (AvgIpc) is 3.24. The molecule has 1 aliphatic rings. The van der Waals surface area contributed by atoms with Crippen molar-refractivity contribution in [3.05, 3.63) is 64.5 Å². The van der Waals surface area contributed by atoms with Crippen LogP contribution in [-0.4, -0.2) is 31.7 Å². The van der Waals surface area contributed by atoms with E-state index in [0.29, 0.717) is 35.8 Å². The summed E-state index contributed by atoms with van der Waals surface area (Å²) in [5.74, 6) is 0. The maximum atomic E-state index is 12.9. The molecule has 0 bridgehead atoms. The highest BCUT2D eigenvalue weighted by Crippen LogP contribution is 2.32. The van der Waals surface area contributed by atoms with Crippen molar-refractivity contribution < 1.29 is 8.42 Å². The molecule has 0 spiro atoms. The predicted octanol–water partition coefficient (Wildman–Crippen LogP) is 5.47. The Balaban J connectivity index is 1.43. The van der Waals surface area contributed by atoms with Crippen molar-refractivity contribution in [2.24, 2.45) is 0 Å². The molecule has 0 unspecified atom stereocenters. The van der Waals surface area contributed by atoms with E-state index in [0.717, 1.165) is 22.8 Å². The van der Waals surface area contributed by atoms with E-state index >= 15 is 0 Å². The maximum Gasteiger partial charge on any atom is 0.185 e. The summed E-state index contributed by atoms with van der Waals surface area (Å²) in [7, 11) is -3.33. The highest BCUT2D eigenvalue weighted by Gasteiger charge is 2.32. The Morgan fingerprint density at radius 1 is 1.07 bits per heavy atom. The van der Waals surface area contributed by atoms with Gasteiger partial charge in [-0.1, -0.05) is 42.8 Å². The van der Waals surface area contributed by atoms with Crippen LogP contribution in [0.3, 0.4) is 0 Å². The van der Waals surface area contributed by atoms with Gasteiger partial charge in [0, 0.05) is 29.1 Å². The summed E-state index contributed by atoms with van der Waals surface area (Å²) in [6.07, 6.45) is 2.23. The van der Waals surface area contributed by atoms with Gasteiger partial charge in [0.1, 0.15) is 0 Å². The van der Waals surface area contributed by atoms with Crippen LogP contribution in [0, 0.1) is 0 Å². The third kappa shape index (κ3) is 4.34. The lowest BCUT2D eigenvalue weighted by atomic mass is 10.1. The molecule has 4 rings (SSSR count). The number of hydrogen-bond donors (Lipinski definition) is 0. The Morgan fingerprint density at radius 3 is 2.34 bits per heavy atom. The standard InChI is InChI=1S/C22H23ClN2O2S2/c1-2-16-3-5-17(6-4-16)21-15-28-22(24-21)25-13-11-20(12-14-25)29(26,27)19-9-7-18(23)8-10-19/h3-10,15,20H,2,11-14H2,1H3. The monoisotopic (exact) mass is 446 g/mol. The smallest absolute Gasteiger partial charge is 0.185 e. The number of benzene rings is 2. The van der Waals surface area contributed by atoms with Crippen LogP contribution in [0.15, 0.2) is 58.8 Å². The predicted molar refractivity (Wildman–Crippen MR) is 121 cm³/mol. The molecule has 3 aromatic rings. The Bertz CT molecular complexity index is 1070. The van der Waals surface area contributed by atoms with Gasteiger partial charge in [-0.05, 0) is 49.1 Å². The number of hydrogen-bond acceptors (Lipinski definition) is 5. The molecule has 1 aliphatic heterocycles. The van der Waals surface area contributed by atoms with Gasteiger partial charge in [-0.2, -0.15) is 0 Å². The number of piperidine rings is 1. The van der Waals surface area contributed by atoms with Crippen LogP contribution in [-0.2, 0) is 16.3 Å².